The third kappa shape index (κ3) is 3.55. The molecule has 17 heavy (non-hydrogen) atoms. The second-order valence-corrected chi connectivity index (χ2v) is 4.84. The number of hydrogen-bond acceptors (Lipinski definition) is 2. The molecule has 2 rings (SSSR count). The molecule has 92 valence electrons. The summed E-state index contributed by atoms with van der Waals surface area (Å²) >= 11 is 0. The van der Waals surface area contributed by atoms with Crippen LogP contribution in [-0.2, 0) is 11.2 Å². The molecule has 1 saturated heterocycles. The van der Waals surface area contributed by atoms with Gasteiger partial charge in [-0.25, -0.2) is 0 Å². The lowest BCUT2D eigenvalue weighted by atomic mass is 9.91. The fourth-order valence-electron chi connectivity index (χ4n) is 2.46. The van der Waals surface area contributed by atoms with Crippen LogP contribution in [0.15, 0.2) is 24.5 Å². The lowest BCUT2D eigenvalue weighted by Crippen LogP contribution is -2.37. The lowest BCUT2D eigenvalue weighted by molar-refractivity contribution is -0.130. The van der Waals surface area contributed by atoms with Gasteiger partial charge in [-0.05, 0) is 49.3 Å². The minimum atomic E-state index is 0.220. The summed E-state index contributed by atoms with van der Waals surface area (Å²) in [6.45, 7) is 3.55. The van der Waals surface area contributed by atoms with Gasteiger partial charge in [0.2, 0.25) is 5.91 Å². The van der Waals surface area contributed by atoms with Crippen LogP contribution in [0.25, 0.3) is 0 Å². The Morgan fingerprint density at radius 1 is 1.35 bits per heavy atom. The molecule has 0 atom stereocenters. The quantitative estimate of drug-likeness (QED) is 0.801. The first-order valence-electron chi connectivity index (χ1n) is 6.40. The molecule has 1 aliphatic heterocycles. The first-order valence-corrected chi connectivity index (χ1v) is 6.40. The zero-order valence-corrected chi connectivity index (χ0v) is 10.4. The fraction of sp³-hybridized carbons (Fsp3) is 0.571. The summed E-state index contributed by atoms with van der Waals surface area (Å²) in [6.07, 6.45) is 8.39. The van der Waals surface area contributed by atoms with Gasteiger partial charge in [-0.2, -0.15) is 0 Å². The van der Waals surface area contributed by atoms with Crippen LogP contribution in [0.5, 0.6) is 0 Å². The van der Waals surface area contributed by atoms with Gasteiger partial charge in [0.1, 0.15) is 0 Å². The molecule has 0 N–H and O–H groups in total. The number of nitrogens with zero attached hydrogens (tertiary/aromatic N) is 2. The number of amides is 1. The summed E-state index contributed by atoms with van der Waals surface area (Å²) in [4.78, 5) is 17.2. The largest absolute Gasteiger partial charge is 0.343 e. The summed E-state index contributed by atoms with van der Waals surface area (Å²) < 4.78 is 0. The Kier molecular flexibility index (Phi) is 4.13. The zero-order valence-electron chi connectivity index (χ0n) is 10.4. The van der Waals surface area contributed by atoms with E-state index >= 15 is 0 Å². The van der Waals surface area contributed by atoms with Gasteiger partial charge in [0.25, 0.3) is 0 Å². The Hall–Kier alpha value is -1.38. The van der Waals surface area contributed by atoms with E-state index in [1.54, 1.807) is 6.92 Å². The van der Waals surface area contributed by atoms with Crippen molar-refractivity contribution in [3.05, 3.63) is 30.1 Å². The van der Waals surface area contributed by atoms with Gasteiger partial charge in [-0.1, -0.05) is 0 Å². The van der Waals surface area contributed by atoms with E-state index in [0.717, 1.165) is 38.3 Å². The lowest BCUT2D eigenvalue weighted by Gasteiger charge is -2.31. The molecule has 0 spiro atoms. The molecule has 0 bridgehead atoms. The number of piperidine rings is 1. The van der Waals surface area contributed by atoms with Crippen LogP contribution in [0.2, 0.25) is 0 Å². The smallest absolute Gasteiger partial charge is 0.219 e. The number of aryl methyl sites for hydroxylation is 1. The van der Waals surface area contributed by atoms with Gasteiger partial charge in [-0.3, -0.25) is 9.78 Å². The van der Waals surface area contributed by atoms with Gasteiger partial charge in [0.15, 0.2) is 0 Å². The van der Waals surface area contributed by atoms with E-state index in [0.29, 0.717) is 0 Å². The number of hydrogen-bond donors (Lipinski definition) is 0. The zero-order chi connectivity index (χ0) is 12.1. The Bertz CT molecular complexity index is 356. The van der Waals surface area contributed by atoms with Gasteiger partial charge in [-0.15, -0.1) is 0 Å². The van der Waals surface area contributed by atoms with Crippen molar-refractivity contribution in [2.75, 3.05) is 13.1 Å². The highest BCUT2D eigenvalue weighted by Crippen LogP contribution is 2.22. The normalized spacial score (nSPS) is 17.1. The number of carbonyl (C=O) groups excluding carboxylic acids is 1. The SMILES string of the molecule is CC(=O)N1CCC(CCc2ccncc2)CC1. The molecule has 0 unspecified atom stereocenters. The predicted molar refractivity (Wildman–Crippen MR) is 67.5 cm³/mol. The molecular formula is C14H20N2O. The third-order valence-electron chi connectivity index (χ3n) is 3.65. The van der Waals surface area contributed by atoms with Crippen LogP contribution in [-0.4, -0.2) is 28.9 Å². The van der Waals surface area contributed by atoms with Crippen molar-refractivity contribution in [2.45, 2.75) is 32.6 Å². The first-order chi connectivity index (χ1) is 8.25. The van der Waals surface area contributed by atoms with E-state index in [-0.39, 0.29) is 5.91 Å². The molecule has 1 aromatic heterocycles. The van der Waals surface area contributed by atoms with Gasteiger partial charge >= 0.3 is 0 Å². The molecule has 1 amide bonds. The van der Waals surface area contributed by atoms with Crippen molar-refractivity contribution in [1.82, 2.24) is 9.88 Å². The predicted octanol–water partition coefficient (Wildman–Crippen LogP) is 2.27. The van der Waals surface area contributed by atoms with Crippen molar-refractivity contribution in [1.29, 1.82) is 0 Å². The maximum absolute atomic E-state index is 11.2. The van der Waals surface area contributed by atoms with Crippen LogP contribution in [0.3, 0.4) is 0 Å². The van der Waals surface area contributed by atoms with E-state index in [9.17, 15) is 4.79 Å². The number of likely N-dealkylation sites (tertiary alicyclic amines) is 1. The molecule has 1 aliphatic rings. The molecule has 1 aromatic rings. The summed E-state index contributed by atoms with van der Waals surface area (Å²) in [6, 6.07) is 4.18. The highest BCUT2D eigenvalue weighted by atomic mass is 16.2. The maximum Gasteiger partial charge on any atom is 0.219 e. The highest BCUT2D eigenvalue weighted by molar-refractivity contribution is 5.73. The minimum absolute atomic E-state index is 0.220. The molecule has 0 aliphatic carbocycles. The third-order valence-corrected chi connectivity index (χ3v) is 3.65. The second kappa shape index (κ2) is 5.80. The van der Waals surface area contributed by atoms with Crippen molar-refractivity contribution in [2.24, 2.45) is 5.92 Å². The van der Waals surface area contributed by atoms with Crippen molar-refractivity contribution < 1.29 is 4.79 Å². The second-order valence-electron chi connectivity index (χ2n) is 4.84. The van der Waals surface area contributed by atoms with Crippen LogP contribution in [0.4, 0.5) is 0 Å². The van der Waals surface area contributed by atoms with Crippen molar-refractivity contribution in [3.63, 3.8) is 0 Å². The molecule has 0 saturated carbocycles. The van der Waals surface area contributed by atoms with E-state index < -0.39 is 0 Å². The van der Waals surface area contributed by atoms with E-state index in [4.69, 9.17) is 0 Å². The molecular weight excluding hydrogens is 212 g/mol. The Morgan fingerprint density at radius 2 is 2.00 bits per heavy atom. The van der Waals surface area contributed by atoms with Gasteiger partial charge in [0.05, 0.1) is 0 Å². The van der Waals surface area contributed by atoms with Gasteiger partial charge in [0, 0.05) is 32.4 Å². The average Bonchev–Trinajstić information content (AvgIpc) is 2.38. The molecule has 1 fully saturated rings. The summed E-state index contributed by atoms with van der Waals surface area (Å²) in [7, 11) is 0. The number of carbonyl (C=O) groups is 1. The van der Waals surface area contributed by atoms with E-state index in [2.05, 4.69) is 17.1 Å². The fourth-order valence-corrected chi connectivity index (χ4v) is 2.46. The monoisotopic (exact) mass is 232 g/mol. The average molecular weight is 232 g/mol. The standard InChI is InChI=1S/C14H20N2O/c1-12(17)16-10-6-14(7-11-16)3-2-13-4-8-15-9-5-13/h4-5,8-9,14H,2-3,6-7,10-11H2,1H3. The van der Waals surface area contributed by atoms with Crippen LogP contribution >= 0.6 is 0 Å². The van der Waals surface area contributed by atoms with Gasteiger partial charge < -0.3 is 4.90 Å². The van der Waals surface area contributed by atoms with Crippen molar-refractivity contribution >= 4 is 5.91 Å². The van der Waals surface area contributed by atoms with Crippen LogP contribution in [0.1, 0.15) is 31.7 Å². The van der Waals surface area contributed by atoms with Crippen molar-refractivity contribution in [3.8, 4) is 0 Å². The number of rotatable bonds is 3. The van der Waals surface area contributed by atoms with E-state index in [1.165, 1.54) is 12.0 Å². The molecule has 2 heterocycles. The topological polar surface area (TPSA) is 33.2 Å². The highest BCUT2D eigenvalue weighted by Gasteiger charge is 2.20. The maximum atomic E-state index is 11.2. The summed E-state index contributed by atoms with van der Waals surface area (Å²) in [5.74, 6) is 0.997. The Labute approximate surface area is 103 Å². The van der Waals surface area contributed by atoms with E-state index in [1.807, 2.05) is 17.3 Å². The van der Waals surface area contributed by atoms with Crippen LogP contribution in [0, 0.1) is 5.92 Å². The molecule has 3 nitrogen and oxygen atoms in total. The summed E-state index contributed by atoms with van der Waals surface area (Å²) in [5.41, 5.74) is 1.37. The number of aromatic nitrogens is 1. The summed E-state index contributed by atoms with van der Waals surface area (Å²) in [5, 5.41) is 0. The minimum Gasteiger partial charge on any atom is -0.343 e. The van der Waals surface area contributed by atoms with Crippen LogP contribution < -0.4 is 0 Å². The number of pyridine rings is 1. The molecule has 0 aromatic carbocycles. The first kappa shape index (κ1) is 12.1. The Balaban J connectivity index is 1.74. The molecule has 0 radical (unpaired) electrons. The molecule has 3 heteroatoms. The Morgan fingerprint density at radius 3 is 2.59 bits per heavy atom.